The average Bonchev–Trinajstić information content (AvgIpc) is 3.17. The van der Waals surface area contributed by atoms with Crippen molar-refractivity contribution in [2.75, 3.05) is 19.7 Å². The minimum absolute atomic E-state index is 0.00661. The second-order valence-corrected chi connectivity index (χ2v) is 6.36. The van der Waals surface area contributed by atoms with Crippen LogP contribution in [0.25, 0.3) is 0 Å². The van der Waals surface area contributed by atoms with Gasteiger partial charge in [0.05, 0.1) is 13.2 Å². The number of carbonyl (C=O) groups is 1. The van der Waals surface area contributed by atoms with E-state index in [4.69, 9.17) is 5.11 Å². The van der Waals surface area contributed by atoms with Crippen molar-refractivity contribution in [1.29, 1.82) is 0 Å². The highest BCUT2D eigenvalue weighted by molar-refractivity contribution is 5.92. The first-order valence-corrected chi connectivity index (χ1v) is 8.21. The molecule has 2 fully saturated rings. The maximum Gasteiger partial charge on any atom is 0.272 e. The molecule has 0 radical (unpaired) electrons. The smallest absolute Gasteiger partial charge is 0.272 e. The Labute approximate surface area is 125 Å². The lowest BCUT2D eigenvalue weighted by molar-refractivity contribution is 0.0765. The maximum absolute atomic E-state index is 12.6. The zero-order valence-corrected chi connectivity index (χ0v) is 12.6. The van der Waals surface area contributed by atoms with Crippen LogP contribution in [0.1, 0.15) is 49.0 Å². The molecule has 5 heteroatoms. The van der Waals surface area contributed by atoms with E-state index >= 15 is 0 Å². The van der Waals surface area contributed by atoms with Crippen LogP contribution in [0.4, 0.5) is 0 Å². The molecule has 1 saturated heterocycles. The summed E-state index contributed by atoms with van der Waals surface area (Å²) in [6, 6.07) is 1.76. The van der Waals surface area contributed by atoms with Crippen molar-refractivity contribution in [2.45, 2.75) is 45.1 Å². The highest BCUT2D eigenvalue weighted by Gasteiger charge is 2.33. The molecule has 2 aliphatic rings. The van der Waals surface area contributed by atoms with Gasteiger partial charge in [-0.1, -0.05) is 32.1 Å². The first kappa shape index (κ1) is 14.6. The molecular weight excluding hydrogens is 266 g/mol. The molecule has 1 N–H and O–H groups in total. The van der Waals surface area contributed by atoms with Crippen molar-refractivity contribution >= 4 is 5.91 Å². The number of aromatic nitrogens is 2. The second-order valence-electron chi connectivity index (χ2n) is 6.36. The van der Waals surface area contributed by atoms with Crippen molar-refractivity contribution in [1.82, 2.24) is 14.7 Å². The van der Waals surface area contributed by atoms with Gasteiger partial charge in [-0.05, 0) is 24.3 Å². The average molecular weight is 291 g/mol. The number of hydrogen-bond acceptors (Lipinski definition) is 3. The lowest BCUT2D eigenvalue weighted by atomic mass is 9.80. The predicted octanol–water partition coefficient (Wildman–Crippen LogP) is 1.92. The molecule has 1 unspecified atom stereocenters. The van der Waals surface area contributed by atoms with Crippen LogP contribution in [0.5, 0.6) is 0 Å². The van der Waals surface area contributed by atoms with E-state index in [9.17, 15) is 4.79 Å². The van der Waals surface area contributed by atoms with Crippen LogP contribution >= 0.6 is 0 Å². The van der Waals surface area contributed by atoms with Crippen LogP contribution in [-0.2, 0) is 6.54 Å². The minimum Gasteiger partial charge on any atom is -0.394 e. The van der Waals surface area contributed by atoms with E-state index in [2.05, 4.69) is 5.10 Å². The largest absolute Gasteiger partial charge is 0.394 e. The molecule has 0 spiro atoms. The van der Waals surface area contributed by atoms with E-state index in [1.807, 2.05) is 4.90 Å². The summed E-state index contributed by atoms with van der Waals surface area (Å²) in [6.45, 7) is 2.15. The fourth-order valence-corrected chi connectivity index (χ4v) is 3.91. The molecule has 2 heterocycles. The van der Waals surface area contributed by atoms with E-state index < -0.39 is 0 Å². The second kappa shape index (κ2) is 6.60. The Morgan fingerprint density at radius 3 is 2.81 bits per heavy atom. The third-order valence-corrected chi connectivity index (χ3v) is 5.08. The van der Waals surface area contributed by atoms with E-state index in [0.29, 0.717) is 18.2 Å². The van der Waals surface area contributed by atoms with Gasteiger partial charge in [-0.3, -0.25) is 9.48 Å². The normalized spacial score (nSPS) is 23.7. The molecule has 1 amide bonds. The highest BCUT2D eigenvalue weighted by atomic mass is 16.3. The summed E-state index contributed by atoms with van der Waals surface area (Å²) in [5.41, 5.74) is 0.605. The van der Waals surface area contributed by atoms with Gasteiger partial charge < -0.3 is 10.0 Å². The third-order valence-electron chi connectivity index (χ3n) is 5.08. The predicted molar refractivity (Wildman–Crippen MR) is 79.9 cm³/mol. The summed E-state index contributed by atoms with van der Waals surface area (Å²) in [7, 11) is 0. The van der Waals surface area contributed by atoms with Gasteiger partial charge in [0.1, 0.15) is 5.69 Å². The number of hydrogen-bond donors (Lipinski definition) is 1. The lowest BCUT2D eigenvalue weighted by Crippen LogP contribution is -2.32. The number of carbonyl (C=O) groups excluding carboxylic acids is 1. The van der Waals surface area contributed by atoms with Crippen LogP contribution in [-0.4, -0.2) is 45.4 Å². The summed E-state index contributed by atoms with van der Waals surface area (Å²) in [4.78, 5) is 14.6. The number of aliphatic hydroxyl groups is 1. The molecule has 1 saturated carbocycles. The van der Waals surface area contributed by atoms with Crippen LogP contribution < -0.4 is 0 Å². The molecule has 21 heavy (non-hydrogen) atoms. The third kappa shape index (κ3) is 3.12. The zero-order chi connectivity index (χ0) is 14.7. The van der Waals surface area contributed by atoms with Gasteiger partial charge in [-0.25, -0.2) is 0 Å². The molecule has 1 aromatic rings. The molecular formula is C16H25N3O2. The molecule has 3 rings (SSSR count). The Kier molecular flexibility index (Phi) is 4.58. The molecule has 1 aliphatic heterocycles. The SMILES string of the molecule is O=C(c1ccnn1CCO)N1CCC(C2CCCCC2)C1. The van der Waals surface area contributed by atoms with Gasteiger partial charge in [0.15, 0.2) is 0 Å². The van der Waals surface area contributed by atoms with Gasteiger partial charge in [-0.2, -0.15) is 5.10 Å². The van der Waals surface area contributed by atoms with Crippen molar-refractivity contribution in [3.63, 3.8) is 0 Å². The Morgan fingerprint density at radius 2 is 2.05 bits per heavy atom. The van der Waals surface area contributed by atoms with Crippen LogP contribution in [0.2, 0.25) is 0 Å². The highest BCUT2D eigenvalue weighted by Crippen LogP contribution is 2.35. The topological polar surface area (TPSA) is 58.4 Å². The summed E-state index contributed by atoms with van der Waals surface area (Å²) in [6.07, 6.45) is 9.56. The minimum atomic E-state index is 0.00661. The van der Waals surface area contributed by atoms with Crippen LogP contribution in [0.15, 0.2) is 12.3 Å². The zero-order valence-electron chi connectivity index (χ0n) is 12.6. The van der Waals surface area contributed by atoms with E-state index in [1.54, 1.807) is 16.9 Å². The fraction of sp³-hybridized carbons (Fsp3) is 0.750. The number of amides is 1. The molecule has 1 aromatic heterocycles. The molecule has 116 valence electrons. The van der Waals surface area contributed by atoms with Gasteiger partial charge in [-0.15, -0.1) is 0 Å². The number of nitrogens with zero attached hydrogens (tertiary/aromatic N) is 3. The molecule has 1 aliphatic carbocycles. The van der Waals surface area contributed by atoms with Gasteiger partial charge in [0, 0.05) is 19.3 Å². The van der Waals surface area contributed by atoms with Crippen molar-refractivity contribution in [3.8, 4) is 0 Å². The van der Waals surface area contributed by atoms with Crippen molar-refractivity contribution in [2.24, 2.45) is 11.8 Å². The van der Waals surface area contributed by atoms with Gasteiger partial charge in [0.2, 0.25) is 0 Å². The maximum atomic E-state index is 12.6. The van der Waals surface area contributed by atoms with Crippen molar-refractivity contribution in [3.05, 3.63) is 18.0 Å². The Morgan fingerprint density at radius 1 is 1.24 bits per heavy atom. The van der Waals surface area contributed by atoms with Crippen LogP contribution in [0.3, 0.4) is 0 Å². The van der Waals surface area contributed by atoms with Crippen LogP contribution in [0, 0.1) is 11.8 Å². The Bertz CT molecular complexity index is 480. The summed E-state index contributed by atoms with van der Waals surface area (Å²) < 4.78 is 1.61. The molecule has 0 bridgehead atoms. The Balaban J connectivity index is 1.62. The number of aliphatic hydroxyl groups excluding tert-OH is 1. The molecule has 1 atom stereocenters. The Hall–Kier alpha value is -1.36. The standard InChI is InChI=1S/C16H25N3O2/c20-11-10-19-15(6-8-17-19)16(21)18-9-7-14(12-18)13-4-2-1-3-5-13/h6,8,13-14,20H,1-5,7,9-12H2. The molecule has 5 nitrogen and oxygen atoms in total. The first-order valence-electron chi connectivity index (χ1n) is 8.21. The number of likely N-dealkylation sites (tertiary alicyclic amines) is 1. The quantitative estimate of drug-likeness (QED) is 0.922. The monoisotopic (exact) mass is 291 g/mol. The summed E-state index contributed by atoms with van der Waals surface area (Å²) >= 11 is 0. The fourth-order valence-electron chi connectivity index (χ4n) is 3.91. The summed E-state index contributed by atoms with van der Waals surface area (Å²) in [5, 5.41) is 13.2. The van der Waals surface area contributed by atoms with E-state index in [1.165, 1.54) is 32.1 Å². The van der Waals surface area contributed by atoms with Crippen molar-refractivity contribution < 1.29 is 9.90 Å². The first-order chi connectivity index (χ1) is 10.3. The number of rotatable bonds is 4. The summed E-state index contributed by atoms with van der Waals surface area (Å²) in [5.74, 6) is 1.57. The van der Waals surface area contributed by atoms with Gasteiger partial charge >= 0.3 is 0 Å². The van der Waals surface area contributed by atoms with E-state index in [-0.39, 0.29) is 12.5 Å². The van der Waals surface area contributed by atoms with Gasteiger partial charge in [0.25, 0.3) is 5.91 Å². The lowest BCUT2D eigenvalue weighted by Gasteiger charge is -2.27. The molecule has 0 aromatic carbocycles. The van der Waals surface area contributed by atoms with E-state index in [0.717, 1.165) is 25.4 Å².